The molecular weight excluding hydrogens is 236 g/mol. The van der Waals surface area contributed by atoms with Crippen LogP contribution in [0.1, 0.15) is 34.6 Å². The average molecular weight is 256 g/mol. The molecule has 1 heterocycles. The third-order valence-electron chi connectivity index (χ3n) is 2.71. The van der Waals surface area contributed by atoms with Gasteiger partial charge in [-0.2, -0.15) is 0 Å². The van der Waals surface area contributed by atoms with Crippen LogP contribution < -0.4 is 5.32 Å². The molecule has 0 aromatic rings. The number of ether oxygens (including phenoxy) is 1. The van der Waals surface area contributed by atoms with E-state index in [-0.39, 0.29) is 19.1 Å². The Morgan fingerprint density at radius 2 is 1.94 bits per heavy atom. The smallest absolute Gasteiger partial charge is 0.252 e. The maximum atomic E-state index is 12.0. The zero-order valence-electron chi connectivity index (χ0n) is 11.5. The summed E-state index contributed by atoms with van der Waals surface area (Å²) in [5, 5.41) is 2.21. The van der Waals surface area contributed by atoms with E-state index >= 15 is 0 Å². The predicted octanol–water partition coefficient (Wildman–Crippen LogP) is 0.0651. The molecule has 1 rings (SSSR count). The summed E-state index contributed by atoms with van der Waals surface area (Å²) < 4.78 is 5.37. The van der Waals surface area contributed by atoms with Crippen molar-refractivity contribution in [1.82, 2.24) is 10.2 Å². The fourth-order valence-corrected chi connectivity index (χ4v) is 1.54. The number of rotatable bonds is 2. The van der Waals surface area contributed by atoms with Crippen LogP contribution in [-0.2, 0) is 19.1 Å². The van der Waals surface area contributed by atoms with Crippen molar-refractivity contribution in [3.8, 4) is 0 Å². The highest BCUT2D eigenvalue weighted by molar-refractivity contribution is 6.06. The van der Waals surface area contributed by atoms with Crippen LogP contribution in [0.25, 0.3) is 0 Å². The summed E-state index contributed by atoms with van der Waals surface area (Å²) in [6.45, 7) is 8.44. The van der Waals surface area contributed by atoms with Gasteiger partial charge in [-0.05, 0) is 34.6 Å². The lowest BCUT2D eigenvalue weighted by atomic mass is 9.98. The van der Waals surface area contributed by atoms with Crippen molar-refractivity contribution in [2.45, 2.75) is 45.8 Å². The highest BCUT2D eigenvalue weighted by atomic mass is 16.5. The van der Waals surface area contributed by atoms with Gasteiger partial charge in [0.15, 0.2) is 0 Å². The van der Waals surface area contributed by atoms with E-state index in [2.05, 4.69) is 5.32 Å². The zero-order valence-corrected chi connectivity index (χ0v) is 11.5. The first kappa shape index (κ1) is 14.6. The zero-order chi connectivity index (χ0) is 14.1. The van der Waals surface area contributed by atoms with Crippen LogP contribution in [0.2, 0.25) is 0 Å². The molecule has 102 valence electrons. The van der Waals surface area contributed by atoms with E-state index in [1.54, 1.807) is 13.8 Å². The number of nitrogens with zero attached hydrogens (tertiary/aromatic N) is 1. The predicted molar refractivity (Wildman–Crippen MR) is 64.6 cm³/mol. The van der Waals surface area contributed by atoms with Gasteiger partial charge in [-0.15, -0.1) is 0 Å². The van der Waals surface area contributed by atoms with Gasteiger partial charge >= 0.3 is 0 Å². The molecule has 6 nitrogen and oxygen atoms in total. The summed E-state index contributed by atoms with van der Waals surface area (Å²) in [5.41, 5.74) is -1.48. The van der Waals surface area contributed by atoms with E-state index in [9.17, 15) is 14.4 Å². The number of carbonyl (C=O) groups excluding carboxylic acids is 3. The van der Waals surface area contributed by atoms with Gasteiger partial charge in [-0.3, -0.25) is 19.7 Å². The van der Waals surface area contributed by atoms with Crippen molar-refractivity contribution < 1.29 is 19.1 Å². The Balaban J connectivity index is 2.76. The summed E-state index contributed by atoms with van der Waals surface area (Å²) in [6.07, 6.45) is 0. The molecule has 1 aliphatic heterocycles. The van der Waals surface area contributed by atoms with E-state index in [0.29, 0.717) is 0 Å². The quantitative estimate of drug-likeness (QED) is 0.709. The first-order valence-corrected chi connectivity index (χ1v) is 5.83. The van der Waals surface area contributed by atoms with Gasteiger partial charge in [0, 0.05) is 0 Å². The second-order valence-electron chi connectivity index (χ2n) is 5.82. The van der Waals surface area contributed by atoms with Gasteiger partial charge in [0.1, 0.15) is 18.7 Å². The molecule has 18 heavy (non-hydrogen) atoms. The molecule has 0 aromatic carbocycles. The van der Waals surface area contributed by atoms with Crippen molar-refractivity contribution in [2.75, 3.05) is 13.2 Å². The van der Waals surface area contributed by atoms with Gasteiger partial charge in [-0.1, -0.05) is 0 Å². The molecule has 3 amide bonds. The second-order valence-corrected chi connectivity index (χ2v) is 5.82. The highest BCUT2D eigenvalue weighted by Crippen LogP contribution is 2.19. The largest absolute Gasteiger partial charge is 0.366 e. The Morgan fingerprint density at radius 1 is 1.39 bits per heavy atom. The molecule has 0 spiro atoms. The summed E-state index contributed by atoms with van der Waals surface area (Å²) in [5.74, 6) is -1.30. The average Bonchev–Trinajstić information content (AvgIpc) is 2.19. The molecule has 0 bridgehead atoms. The van der Waals surface area contributed by atoms with E-state index < -0.39 is 23.0 Å². The van der Waals surface area contributed by atoms with Crippen molar-refractivity contribution in [3.05, 3.63) is 0 Å². The Hall–Kier alpha value is -1.43. The lowest BCUT2D eigenvalue weighted by Crippen LogP contribution is -2.66. The van der Waals surface area contributed by atoms with Crippen molar-refractivity contribution in [1.29, 1.82) is 0 Å². The van der Waals surface area contributed by atoms with E-state index in [1.807, 2.05) is 20.8 Å². The van der Waals surface area contributed by atoms with Crippen molar-refractivity contribution >= 4 is 17.7 Å². The molecule has 0 aromatic heterocycles. The molecule has 0 aliphatic carbocycles. The molecule has 1 fully saturated rings. The molecule has 1 saturated heterocycles. The first-order valence-electron chi connectivity index (χ1n) is 5.83. The Kier molecular flexibility index (Phi) is 3.81. The highest BCUT2D eigenvalue weighted by Gasteiger charge is 2.43. The maximum absolute atomic E-state index is 12.0. The number of imide groups is 1. The fraction of sp³-hybridized carbons (Fsp3) is 0.750. The number of hydrogen-bond donors (Lipinski definition) is 1. The third-order valence-corrected chi connectivity index (χ3v) is 2.71. The number of nitrogens with one attached hydrogen (secondary N) is 1. The minimum atomic E-state index is -1.04. The fourth-order valence-electron chi connectivity index (χ4n) is 1.54. The van der Waals surface area contributed by atoms with Gasteiger partial charge in [-0.25, -0.2) is 0 Å². The first-order chi connectivity index (χ1) is 8.04. The molecule has 0 saturated carbocycles. The van der Waals surface area contributed by atoms with Crippen LogP contribution in [0.15, 0.2) is 0 Å². The summed E-state index contributed by atoms with van der Waals surface area (Å²) in [7, 11) is 0. The number of amides is 3. The van der Waals surface area contributed by atoms with Crippen LogP contribution in [0.4, 0.5) is 0 Å². The maximum Gasteiger partial charge on any atom is 0.252 e. The number of carbonyl (C=O) groups is 3. The van der Waals surface area contributed by atoms with Gasteiger partial charge in [0.25, 0.3) is 5.91 Å². The third kappa shape index (κ3) is 3.29. The molecule has 1 N–H and O–H groups in total. The Morgan fingerprint density at radius 3 is 2.44 bits per heavy atom. The number of piperazine rings is 1. The van der Waals surface area contributed by atoms with Crippen molar-refractivity contribution in [3.63, 3.8) is 0 Å². The minimum absolute atomic E-state index is 0.120. The number of hydrogen-bond acceptors (Lipinski definition) is 4. The molecule has 0 radical (unpaired) electrons. The minimum Gasteiger partial charge on any atom is -0.366 e. The monoisotopic (exact) mass is 256 g/mol. The summed E-state index contributed by atoms with van der Waals surface area (Å²) >= 11 is 0. The normalized spacial score (nSPS) is 19.7. The molecule has 6 heteroatoms. The second kappa shape index (κ2) is 4.68. The topological polar surface area (TPSA) is 75.7 Å². The Labute approximate surface area is 107 Å². The summed E-state index contributed by atoms with van der Waals surface area (Å²) in [4.78, 5) is 36.3. The van der Waals surface area contributed by atoms with Gasteiger partial charge in [0.2, 0.25) is 11.8 Å². The SMILES string of the molecule is CC(C)(C)OCC(=O)N1CC(=O)NC(=O)C1(C)C. The van der Waals surface area contributed by atoms with Gasteiger partial charge in [0.05, 0.1) is 5.60 Å². The lowest BCUT2D eigenvalue weighted by molar-refractivity contribution is -0.160. The van der Waals surface area contributed by atoms with Crippen LogP contribution in [0, 0.1) is 0 Å². The van der Waals surface area contributed by atoms with Gasteiger partial charge < -0.3 is 9.64 Å². The molecule has 1 aliphatic rings. The molecule has 0 atom stereocenters. The van der Waals surface area contributed by atoms with Crippen LogP contribution in [-0.4, -0.2) is 46.9 Å². The van der Waals surface area contributed by atoms with E-state index in [0.717, 1.165) is 0 Å². The standard InChI is InChI=1S/C12H20N2O4/c1-11(2,3)18-7-9(16)14-6-8(15)13-10(17)12(14,4)5/h6-7H2,1-5H3,(H,13,15,17). The molecular formula is C12H20N2O4. The van der Waals surface area contributed by atoms with Crippen molar-refractivity contribution in [2.24, 2.45) is 0 Å². The molecule has 0 unspecified atom stereocenters. The van der Waals surface area contributed by atoms with Crippen LogP contribution >= 0.6 is 0 Å². The van der Waals surface area contributed by atoms with Crippen LogP contribution in [0.5, 0.6) is 0 Å². The lowest BCUT2D eigenvalue weighted by Gasteiger charge is -2.40. The van der Waals surface area contributed by atoms with E-state index in [1.165, 1.54) is 4.90 Å². The summed E-state index contributed by atoms with van der Waals surface area (Å²) in [6, 6.07) is 0. The van der Waals surface area contributed by atoms with E-state index in [4.69, 9.17) is 4.74 Å². The Bertz CT molecular complexity index is 382. The van der Waals surface area contributed by atoms with Crippen LogP contribution in [0.3, 0.4) is 0 Å².